The molecule has 21 heavy (non-hydrogen) atoms. The molecule has 0 radical (unpaired) electrons. The van der Waals surface area contributed by atoms with Crippen LogP contribution in [0.3, 0.4) is 0 Å². The van der Waals surface area contributed by atoms with Crippen LogP contribution in [0.5, 0.6) is 0 Å². The van der Waals surface area contributed by atoms with Gasteiger partial charge in [0, 0.05) is 5.69 Å². The Morgan fingerprint density at radius 2 is 1.71 bits per heavy atom. The summed E-state index contributed by atoms with van der Waals surface area (Å²) in [4.78, 5) is 14.2. The minimum absolute atomic E-state index is 0.0253. The van der Waals surface area contributed by atoms with Crippen LogP contribution in [-0.2, 0) is 11.2 Å². The zero-order chi connectivity index (χ0) is 14.8. The fourth-order valence-corrected chi connectivity index (χ4v) is 3.47. The van der Waals surface area contributed by atoms with E-state index in [9.17, 15) is 4.79 Å². The van der Waals surface area contributed by atoms with E-state index in [4.69, 9.17) is 0 Å². The summed E-state index contributed by atoms with van der Waals surface area (Å²) in [6.45, 7) is 2.18. The van der Waals surface area contributed by atoms with Crippen LogP contribution in [0, 0.1) is 0 Å². The first-order valence-corrected chi connectivity index (χ1v) is 8.11. The van der Waals surface area contributed by atoms with E-state index in [2.05, 4.69) is 52.6 Å². The summed E-state index contributed by atoms with van der Waals surface area (Å²) in [5.41, 5.74) is 3.48. The minimum atomic E-state index is -0.0253. The van der Waals surface area contributed by atoms with Crippen molar-refractivity contribution in [2.75, 3.05) is 4.90 Å². The van der Waals surface area contributed by atoms with E-state index >= 15 is 0 Å². The molecule has 0 bridgehead atoms. The Morgan fingerprint density at radius 1 is 1.05 bits per heavy atom. The van der Waals surface area contributed by atoms with Crippen molar-refractivity contribution in [3.05, 3.63) is 65.7 Å². The molecule has 1 amide bonds. The van der Waals surface area contributed by atoms with Gasteiger partial charge in [-0.2, -0.15) is 0 Å². The molecule has 0 N–H and O–H groups in total. The second-order valence-corrected chi connectivity index (χ2v) is 6.22. The lowest BCUT2D eigenvalue weighted by Gasteiger charge is -2.46. The molecule has 1 aliphatic heterocycles. The Labute approximate surface area is 128 Å². The average molecular weight is 297 g/mol. The number of hydrogen-bond acceptors (Lipinski definition) is 1. The van der Waals surface area contributed by atoms with Gasteiger partial charge in [-0.05, 0) is 29.7 Å². The molecular weight excluding hydrogens is 277 g/mol. The number of carbonyl (C=O) groups excluding carboxylic acids is 1. The van der Waals surface area contributed by atoms with Crippen molar-refractivity contribution < 1.29 is 4.79 Å². The highest BCUT2D eigenvalue weighted by molar-refractivity contribution is 7.20. The molecule has 108 valence electrons. The number of carbonyl (C=O) groups is 1. The normalized spacial score (nSPS) is 21.2. The highest BCUT2D eigenvalue weighted by Crippen LogP contribution is 2.42. The van der Waals surface area contributed by atoms with Crippen LogP contribution in [-0.4, -0.2) is 11.6 Å². The van der Waals surface area contributed by atoms with Crippen LogP contribution in [0.2, 0.25) is 0 Å². The van der Waals surface area contributed by atoms with Crippen molar-refractivity contribution in [3.63, 3.8) is 0 Å². The van der Waals surface area contributed by atoms with Crippen LogP contribution in [0.4, 0.5) is 5.69 Å². The first-order valence-electron chi connectivity index (χ1n) is 7.45. The van der Waals surface area contributed by atoms with Gasteiger partial charge < -0.3 is 4.90 Å². The van der Waals surface area contributed by atoms with E-state index in [1.807, 2.05) is 23.1 Å². The van der Waals surface area contributed by atoms with E-state index < -0.39 is 0 Å². The highest BCUT2D eigenvalue weighted by Gasteiger charge is 2.45. The Bertz CT molecular complexity index is 623. The number of β-lactam (4-membered cyclic amide) rings is 1. The van der Waals surface area contributed by atoms with Crippen molar-refractivity contribution in [3.8, 4) is 0 Å². The largest absolute Gasteiger partial charge is 0.303 e. The minimum Gasteiger partial charge on any atom is -0.303 e. The molecule has 0 saturated carbocycles. The van der Waals surface area contributed by atoms with Gasteiger partial charge in [-0.3, -0.25) is 4.79 Å². The molecule has 0 aromatic heterocycles. The van der Waals surface area contributed by atoms with Gasteiger partial charge in [-0.25, -0.2) is 0 Å². The van der Waals surface area contributed by atoms with Crippen molar-refractivity contribution in [2.45, 2.75) is 31.5 Å². The molecule has 3 rings (SSSR count). The molecule has 1 saturated heterocycles. The van der Waals surface area contributed by atoms with Crippen molar-refractivity contribution in [2.24, 2.45) is 0 Å². The van der Waals surface area contributed by atoms with Crippen molar-refractivity contribution in [1.82, 2.24) is 0 Å². The van der Waals surface area contributed by atoms with Crippen LogP contribution in [0.15, 0.2) is 54.6 Å². The van der Waals surface area contributed by atoms with E-state index in [1.54, 1.807) is 0 Å². The van der Waals surface area contributed by atoms with Gasteiger partial charge >= 0.3 is 0 Å². The highest BCUT2D eigenvalue weighted by atomic mass is 31.0. The standard InChI is InChI=1S/C18H20NOP/c1-2-6-13-9-11-15(12-10-13)19-16(17(21)18(19)20)14-7-4-3-5-8-14/h3-5,7-12,16-17H,2,6,21H2,1H3/t16-,17?/m1/s1. The Kier molecular flexibility index (Phi) is 4.07. The molecule has 3 heteroatoms. The Balaban J connectivity index is 1.87. The van der Waals surface area contributed by atoms with Crippen molar-refractivity contribution in [1.29, 1.82) is 0 Å². The van der Waals surface area contributed by atoms with Gasteiger partial charge in [0.25, 0.3) is 0 Å². The maximum Gasteiger partial charge on any atom is 0.236 e. The second kappa shape index (κ2) is 5.99. The van der Waals surface area contributed by atoms with Gasteiger partial charge in [0.15, 0.2) is 0 Å². The lowest BCUT2D eigenvalue weighted by Crippen LogP contribution is -2.56. The third kappa shape index (κ3) is 2.61. The molecule has 0 spiro atoms. The van der Waals surface area contributed by atoms with Gasteiger partial charge in [0.2, 0.25) is 5.91 Å². The Hall–Kier alpha value is -1.66. The van der Waals surface area contributed by atoms with Gasteiger partial charge in [-0.1, -0.05) is 55.8 Å². The number of rotatable bonds is 4. The van der Waals surface area contributed by atoms with Gasteiger partial charge in [0.05, 0.1) is 11.7 Å². The van der Waals surface area contributed by atoms with E-state index in [-0.39, 0.29) is 17.6 Å². The zero-order valence-electron chi connectivity index (χ0n) is 12.2. The monoisotopic (exact) mass is 297 g/mol. The zero-order valence-corrected chi connectivity index (χ0v) is 13.4. The lowest BCUT2D eigenvalue weighted by molar-refractivity contribution is -0.123. The van der Waals surface area contributed by atoms with E-state index in [0.29, 0.717) is 0 Å². The Morgan fingerprint density at radius 3 is 2.33 bits per heavy atom. The fraction of sp³-hybridized carbons (Fsp3) is 0.278. The smallest absolute Gasteiger partial charge is 0.236 e. The number of hydrogen-bond donors (Lipinski definition) is 0. The van der Waals surface area contributed by atoms with Crippen LogP contribution >= 0.6 is 9.24 Å². The third-order valence-corrected chi connectivity index (χ3v) is 4.68. The summed E-state index contributed by atoms with van der Waals surface area (Å²) in [6.07, 6.45) is 2.23. The van der Waals surface area contributed by atoms with Gasteiger partial charge in [-0.15, -0.1) is 9.24 Å². The SMILES string of the molecule is CCCc1ccc(N2C(=O)C(P)[C@H]2c2ccccc2)cc1. The molecule has 2 nitrogen and oxygen atoms in total. The number of anilines is 1. The van der Waals surface area contributed by atoms with Crippen LogP contribution in [0.25, 0.3) is 0 Å². The molecule has 2 unspecified atom stereocenters. The molecule has 0 aliphatic carbocycles. The molecule has 2 aromatic carbocycles. The summed E-state index contributed by atoms with van der Waals surface area (Å²) in [5.74, 6) is 0.178. The summed E-state index contributed by atoms with van der Waals surface area (Å²) >= 11 is 0. The van der Waals surface area contributed by atoms with Crippen molar-refractivity contribution >= 4 is 20.8 Å². The van der Waals surface area contributed by atoms with E-state index in [1.165, 1.54) is 11.1 Å². The summed E-state index contributed by atoms with van der Waals surface area (Å²) in [7, 11) is 2.68. The van der Waals surface area contributed by atoms with Crippen LogP contribution in [0.1, 0.15) is 30.5 Å². The average Bonchev–Trinajstić information content (AvgIpc) is 2.54. The first-order chi connectivity index (χ1) is 10.2. The first kappa shape index (κ1) is 14.3. The molecule has 1 heterocycles. The number of benzene rings is 2. The number of aryl methyl sites for hydroxylation is 1. The predicted molar refractivity (Wildman–Crippen MR) is 90.6 cm³/mol. The van der Waals surface area contributed by atoms with E-state index in [0.717, 1.165) is 18.5 Å². The summed E-state index contributed by atoms with van der Waals surface area (Å²) < 4.78 is 0. The fourth-order valence-electron chi connectivity index (χ4n) is 2.92. The molecule has 3 atom stereocenters. The maximum atomic E-state index is 12.3. The number of amides is 1. The predicted octanol–water partition coefficient (Wildman–Crippen LogP) is 3.97. The van der Waals surface area contributed by atoms with Crippen LogP contribution < -0.4 is 4.90 Å². The maximum absolute atomic E-state index is 12.3. The third-order valence-electron chi connectivity index (χ3n) is 4.04. The van der Waals surface area contributed by atoms with Gasteiger partial charge in [0.1, 0.15) is 0 Å². The molecule has 2 aromatic rings. The molecule has 1 aliphatic rings. The second-order valence-electron chi connectivity index (χ2n) is 5.51. The summed E-state index contributed by atoms with van der Waals surface area (Å²) in [6, 6.07) is 18.8. The summed E-state index contributed by atoms with van der Waals surface area (Å²) in [5, 5.41) is 0. The molecule has 1 fully saturated rings. The quantitative estimate of drug-likeness (QED) is 0.617. The number of nitrogens with zero attached hydrogens (tertiary/aromatic N) is 1. The molecular formula is C18H20NOP. The lowest BCUT2D eigenvalue weighted by atomic mass is 9.92. The topological polar surface area (TPSA) is 20.3 Å².